The second-order valence-corrected chi connectivity index (χ2v) is 8.30. The second-order valence-electron chi connectivity index (χ2n) is 7.90. The number of likely N-dealkylation sites (tertiary alicyclic amines) is 1. The summed E-state index contributed by atoms with van der Waals surface area (Å²) < 4.78 is 5.95. The molecule has 1 atom stereocenters. The van der Waals surface area contributed by atoms with E-state index in [-0.39, 0.29) is 12.0 Å². The van der Waals surface area contributed by atoms with Gasteiger partial charge in [-0.25, -0.2) is 0 Å². The number of ether oxygens (including phenoxy) is 1. The van der Waals surface area contributed by atoms with Gasteiger partial charge in [-0.3, -0.25) is 14.7 Å². The van der Waals surface area contributed by atoms with Crippen LogP contribution in [0.2, 0.25) is 5.02 Å². The zero-order valence-corrected chi connectivity index (χ0v) is 17.5. The van der Waals surface area contributed by atoms with Crippen molar-refractivity contribution < 1.29 is 9.53 Å². The molecule has 2 fully saturated rings. The maximum atomic E-state index is 12.6. The molecule has 1 unspecified atom stereocenters. The van der Waals surface area contributed by atoms with Gasteiger partial charge in [-0.2, -0.15) is 0 Å². The minimum Gasteiger partial charge on any atom is -0.369 e. The molecule has 0 bridgehead atoms. The van der Waals surface area contributed by atoms with E-state index in [1.54, 1.807) is 0 Å². The average Bonchev–Trinajstić information content (AvgIpc) is 2.77. The van der Waals surface area contributed by atoms with E-state index in [0.29, 0.717) is 19.7 Å². The predicted octanol–water partition coefficient (Wildman–Crippen LogP) is 3.71. The first-order valence-electron chi connectivity index (χ1n) is 10.5. The predicted molar refractivity (Wildman–Crippen MR) is 114 cm³/mol. The molecule has 0 spiro atoms. The molecule has 1 amide bonds. The number of hydrogen-bond donors (Lipinski definition) is 0. The number of carbonyl (C=O) groups excluding carboxylic acids is 1. The van der Waals surface area contributed by atoms with Crippen molar-refractivity contribution in [2.45, 2.75) is 31.8 Å². The quantitative estimate of drug-likeness (QED) is 0.749. The monoisotopic (exact) mass is 413 g/mol. The van der Waals surface area contributed by atoms with Crippen LogP contribution in [-0.2, 0) is 16.0 Å². The van der Waals surface area contributed by atoms with Gasteiger partial charge in [-0.15, -0.1) is 0 Å². The Morgan fingerprint density at radius 2 is 1.93 bits per heavy atom. The van der Waals surface area contributed by atoms with Gasteiger partial charge >= 0.3 is 0 Å². The van der Waals surface area contributed by atoms with Crippen LogP contribution in [0.25, 0.3) is 0 Å². The lowest BCUT2D eigenvalue weighted by Crippen LogP contribution is -2.46. The molecule has 1 aromatic carbocycles. The number of rotatable bonds is 5. The molecule has 2 saturated heterocycles. The number of pyridine rings is 1. The number of morpholine rings is 1. The molecular weight excluding hydrogens is 386 g/mol. The van der Waals surface area contributed by atoms with Crippen molar-refractivity contribution in [1.29, 1.82) is 0 Å². The summed E-state index contributed by atoms with van der Waals surface area (Å²) >= 11 is 6.26. The Labute approximate surface area is 177 Å². The number of nitrogens with zero attached hydrogens (tertiary/aromatic N) is 3. The van der Waals surface area contributed by atoms with E-state index < -0.39 is 0 Å². The topological polar surface area (TPSA) is 45.7 Å². The lowest BCUT2D eigenvalue weighted by molar-refractivity contribution is -0.135. The van der Waals surface area contributed by atoms with Crippen molar-refractivity contribution in [2.75, 3.05) is 39.3 Å². The van der Waals surface area contributed by atoms with Crippen molar-refractivity contribution in [2.24, 2.45) is 0 Å². The van der Waals surface area contributed by atoms with Crippen LogP contribution in [0, 0.1) is 0 Å². The van der Waals surface area contributed by atoms with Crippen LogP contribution in [0.4, 0.5) is 0 Å². The third kappa shape index (κ3) is 5.35. The van der Waals surface area contributed by atoms with Crippen molar-refractivity contribution in [1.82, 2.24) is 14.8 Å². The standard InChI is InChI=1S/C23H28ClN3O2/c24-20-7-3-2-6-19(20)14-18-8-9-21(25-15-18)22-16-26(12-13-29-22)17-23(28)27-10-4-1-5-11-27/h2-3,6-9,15,22H,1,4-5,10-14,16-17H2. The summed E-state index contributed by atoms with van der Waals surface area (Å²) in [7, 11) is 0. The van der Waals surface area contributed by atoms with Crippen LogP contribution in [0.5, 0.6) is 0 Å². The summed E-state index contributed by atoms with van der Waals surface area (Å²) in [5, 5.41) is 0.779. The fourth-order valence-electron chi connectivity index (χ4n) is 4.05. The number of halogens is 1. The van der Waals surface area contributed by atoms with E-state index in [0.717, 1.165) is 60.7 Å². The molecule has 29 heavy (non-hydrogen) atoms. The molecule has 2 aliphatic heterocycles. The number of hydrogen-bond acceptors (Lipinski definition) is 4. The molecule has 3 heterocycles. The third-order valence-electron chi connectivity index (χ3n) is 5.75. The molecule has 4 rings (SSSR count). The van der Waals surface area contributed by atoms with E-state index in [1.807, 2.05) is 41.4 Å². The number of benzene rings is 1. The number of aromatic nitrogens is 1. The van der Waals surface area contributed by atoms with Crippen LogP contribution >= 0.6 is 11.6 Å². The Hall–Kier alpha value is -1.95. The molecule has 0 N–H and O–H groups in total. The Morgan fingerprint density at radius 1 is 1.10 bits per heavy atom. The van der Waals surface area contributed by atoms with E-state index in [4.69, 9.17) is 16.3 Å². The zero-order valence-electron chi connectivity index (χ0n) is 16.7. The van der Waals surface area contributed by atoms with Crippen LogP contribution in [0.1, 0.15) is 42.2 Å². The van der Waals surface area contributed by atoms with Gasteiger partial charge in [0.25, 0.3) is 0 Å². The normalized spacial score (nSPS) is 20.6. The minimum absolute atomic E-state index is 0.0905. The zero-order chi connectivity index (χ0) is 20.1. The van der Waals surface area contributed by atoms with E-state index >= 15 is 0 Å². The molecular formula is C23H28ClN3O2. The van der Waals surface area contributed by atoms with Gasteiger partial charge in [0, 0.05) is 43.8 Å². The third-order valence-corrected chi connectivity index (χ3v) is 6.12. The molecule has 2 aromatic rings. The molecule has 5 nitrogen and oxygen atoms in total. The molecule has 154 valence electrons. The Morgan fingerprint density at radius 3 is 2.69 bits per heavy atom. The molecule has 0 saturated carbocycles. The SMILES string of the molecule is O=C(CN1CCOC(c2ccc(Cc3ccccc3Cl)cn2)C1)N1CCCCC1. The highest BCUT2D eigenvalue weighted by molar-refractivity contribution is 6.31. The highest BCUT2D eigenvalue weighted by Crippen LogP contribution is 2.23. The van der Waals surface area contributed by atoms with Crippen LogP contribution < -0.4 is 0 Å². The summed E-state index contributed by atoms with van der Waals surface area (Å²) in [6.07, 6.45) is 6.06. The van der Waals surface area contributed by atoms with E-state index in [2.05, 4.69) is 16.0 Å². The van der Waals surface area contributed by atoms with Crippen LogP contribution in [0.15, 0.2) is 42.6 Å². The molecule has 0 radical (unpaired) electrons. The van der Waals surface area contributed by atoms with Gasteiger partial charge in [0.1, 0.15) is 6.10 Å². The highest BCUT2D eigenvalue weighted by Gasteiger charge is 2.26. The lowest BCUT2D eigenvalue weighted by Gasteiger charge is -2.34. The van der Waals surface area contributed by atoms with Crippen LogP contribution in [-0.4, -0.2) is 60.0 Å². The second kappa shape index (κ2) is 9.70. The Kier molecular flexibility index (Phi) is 6.80. The Bertz CT molecular complexity index is 821. The Balaban J connectivity index is 1.34. The van der Waals surface area contributed by atoms with Gasteiger partial charge in [0.15, 0.2) is 0 Å². The van der Waals surface area contributed by atoms with Crippen molar-refractivity contribution in [3.63, 3.8) is 0 Å². The maximum absolute atomic E-state index is 12.6. The largest absolute Gasteiger partial charge is 0.369 e. The van der Waals surface area contributed by atoms with Gasteiger partial charge in [-0.05, 0) is 42.5 Å². The fourth-order valence-corrected chi connectivity index (χ4v) is 4.25. The highest BCUT2D eigenvalue weighted by atomic mass is 35.5. The molecule has 2 aliphatic rings. The lowest BCUT2D eigenvalue weighted by atomic mass is 10.1. The number of carbonyl (C=O) groups is 1. The van der Waals surface area contributed by atoms with Gasteiger partial charge in [0.2, 0.25) is 5.91 Å². The average molecular weight is 414 g/mol. The minimum atomic E-state index is -0.0905. The van der Waals surface area contributed by atoms with Gasteiger partial charge in [-0.1, -0.05) is 35.9 Å². The smallest absolute Gasteiger partial charge is 0.236 e. The summed E-state index contributed by atoms with van der Waals surface area (Å²) in [6, 6.07) is 12.0. The van der Waals surface area contributed by atoms with E-state index in [9.17, 15) is 4.79 Å². The molecule has 0 aliphatic carbocycles. The summed E-state index contributed by atoms with van der Waals surface area (Å²) in [6.45, 7) is 4.41. The first-order valence-corrected chi connectivity index (χ1v) is 10.9. The number of piperidine rings is 1. The van der Waals surface area contributed by atoms with Gasteiger partial charge in [0.05, 0.1) is 18.8 Å². The first-order chi connectivity index (χ1) is 14.2. The molecule has 6 heteroatoms. The van der Waals surface area contributed by atoms with Gasteiger partial charge < -0.3 is 9.64 Å². The summed E-state index contributed by atoms with van der Waals surface area (Å²) in [4.78, 5) is 21.4. The summed E-state index contributed by atoms with van der Waals surface area (Å²) in [5.41, 5.74) is 3.14. The van der Waals surface area contributed by atoms with Crippen molar-refractivity contribution in [3.05, 3.63) is 64.4 Å². The summed E-state index contributed by atoms with van der Waals surface area (Å²) in [5.74, 6) is 0.244. The first kappa shape index (κ1) is 20.3. The fraction of sp³-hybridized carbons (Fsp3) is 0.478. The molecule has 1 aromatic heterocycles. The number of amides is 1. The van der Waals surface area contributed by atoms with Crippen LogP contribution in [0.3, 0.4) is 0 Å². The van der Waals surface area contributed by atoms with Crippen molar-refractivity contribution >= 4 is 17.5 Å². The van der Waals surface area contributed by atoms with Crippen molar-refractivity contribution in [3.8, 4) is 0 Å². The van der Waals surface area contributed by atoms with E-state index in [1.165, 1.54) is 6.42 Å². The maximum Gasteiger partial charge on any atom is 0.236 e.